The average Bonchev–Trinajstić information content (AvgIpc) is 3.99. The Morgan fingerprint density at radius 1 is 0.750 bits per heavy atom. The summed E-state index contributed by atoms with van der Waals surface area (Å²) in [4.78, 5) is 64.9. The predicted octanol–water partition coefficient (Wildman–Crippen LogP) is 4.76. The van der Waals surface area contributed by atoms with Crippen LogP contribution < -0.4 is 10.6 Å². The summed E-state index contributed by atoms with van der Waals surface area (Å²) in [6.07, 6.45) is 4.25. The van der Waals surface area contributed by atoms with Gasteiger partial charge in [-0.05, 0) is 97.1 Å². The van der Waals surface area contributed by atoms with E-state index in [1.54, 1.807) is 88.7 Å². The first-order chi connectivity index (χ1) is 30.7. The molecule has 5 heterocycles. The number of aromatic carboxylic acids is 1. The summed E-state index contributed by atoms with van der Waals surface area (Å²) in [6.45, 7) is -0.469. The van der Waals surface area contributed by atoms with Crippen LogP contribution in [0.3, 0.4) is 0 Å². The van der Waals surface area contributed by atoms with Crippen LogP contribution in [-0.2, 0) is 45.9 Å². The van der Waals surface area contributed by atoms with Gasteiger partial charge in [-0.2, -0.15) is 8.42 Å². The maximum atomic E-state index is 12.2. The van der Waals surface area contributed by atoms with Gasteiger partial charge < -0.3 is 34.5 Å². The fourth-order valence-corrected chi connectivity index (χ4v) is 6.98. The fraction of sp³-hybridized carbons (Fsp3) is 0.182. The van der Waals surface area contributed by atoms with E-state index in [4.69, 9.17) is 30.6 Å². The Labute approximate surface area is 371 Å². The molecule has 0 aliphatic carbocycles. The maximum absolute atomic E-state index is 12.2. The predicted molar refractivity (Wildman–Crippen MR) is 235 cm³/mol. The molecule has 64 heavy (non-hydrogen) atoms. The van der Waals surface area contributed by atoms with Gasteiger partial charge in [-0.25, -0.2) is 14.8 Å². The van der Waals surface area contributed by atoms with Gasteiger partial charge in [0.05, 0.1) is 54.1 Å². The molecule has 328 valence electrons. The van der Waals surface area contributed by atoms with E-state index in [-0.39, 0.29) is 55.8 Å². The second-order valence-corrected chi connectivity index (χ2v) is 16.1. The molecule has 0 fully saturated rings. The standard InChI is InChI=1S/C44H39N7O11S2/c52-13-12-50(24-37-20-32(41-4-2-15-62-41)22-39(48-37)43(56)57)23-34-17-30(6-5-29-7-9-33(10-8-29)49-44(63)45-11-16-64(58,59)60)18-35(46-34)25-51(27-42(54)55)26-36-19-31(21-38(28-53)47-36)40-3-1-14-61-40/h1-4,7-10,13-15,17-22,28H,11-12,16,23-27H2,(H,54,55)(H,56,57)(H2,45,49,63)(H,58,59,60). The molecule has 5 aromatic heterocycles. The van der Waals surface area contributed by atoms with Crippen LogP contribution in [0.25, 0.3) is 22.6 Å². The van der Waals surface area contributed by atoms with Crippen LogP contribution in [0.1, 0.15) is 54.9 Å². The molecule has 20 heteroatoms. The molecule has 1 aromatic carbocycles. The fourth-order valence-electron chi connectivity index (χ4n) is 6.40. The van der Waals surface area contributed by atoms with Crippen LogP contribution in [0.4, 0.5) is 5.69 Å². The zero-order valence-electron chi connectivity index (χ0n) is 33.7. The molecule has 0 saturated carbocycles. The quantitative estimate of drug-likeness (QED) is 0.0299. The molecule has 0 aliphatic rings. The summed E-state index contributed by atoms with van der Waals surface area (Å²) in [5.41, 5.74) is 4.31. The molecule has 0 saturated heterocycles. The number of carbonyl (C=O) groups is 4. The molecule has 0 spiro atoms. The second-order valence-electron chi connectivity index (χ2n) is 14.1. The minimum Gasteiger partial charge on any atom is -0.480 e. The highest BCUT2D eigenvalue weighted by Gasteiger charge is 2.19. The van der Waals surface area contributed by atoms with E-state index in [1.165, 1.54) is 18.6 Å². The zero-order chi connectivity index (χ0) is 45.6. The van der Waals surface area contributed by atoms with Gasteiger partial charge in [0.1, 0.15) is 29.2 Å². The van der Waals surface area contributed by atoms with Crippen LogP contribution in [-0.4, -0.2) is 103 Å². The number of pyridine rings is 3. The second kappa shape index (κ2) is 21.6. The number of carboxylic acids is 2. The van der Waals surface area contributed by atoms with Crippen molar-refractivity contribution in [1.29, 1.82) is 0 Å². The van der Waals surface area contributed by atoms with Crippen molar-refractivity contribution < 1.29 is 51.2 Å². The van der Waals surface area contributed by atoms with Gasteiger partial charge in [0.2, 0.25) is 0 Å². The summed E-state index contributed by atoms with van der Waals surface area (Å²) in [7, 11) is -4.15. The van der Waals surface area contributed by atoms with Crippen molar-refractivity contribution in [2.45, 2.75) is 26.2 Å². The molecule has 6 rings (SSSR count). The lowest BCUT2D eigenvalue weighted by Gasteiger charge is -2.22. The molecule has 0 aliphatic heterocycles. The topological polar surface area (TPSA) is 259 Å². The monoisotopic (exact) mass is 905 g/mol. The number of aliphatic carboxylic acids is 1. The van der Waals surface area contributed by atoms with E-state index in [0.29, 0.717) is 74.8 Å². The number of anilines is 1. The highest BCUT2D eigenvalue weighted by molar-refractivity contribution is 7.85. The van der Waals surface area contributed by atoms with Crippen LogP contribution in [0.15, 0.2) is 106 Å². The van der Waals surface area contributed by atoms with Gasteiger partial charge in [-0.3, -0.25) is 28.9 Å². The third-order valence-corrected chi connectivity index (χ3v) is 10.00. The minimum absolute atomic E-state index is 0.00114. The summed E-state index contributed by atoms with van der Waals surface area (Å²) in [6, 6.07) is 23.4. The first kappa shape index (κ1) is 46.1. The number of nitrogens with one attached hydrogen (secondary N) is 2. The third kappa shape index (κ3) is 14.1. The molecule has 0 atom stereocenters. The van der Waals surface area contributed by atoms with Crippen molar-refractivity contribution in [3.8, 4) is 34.5 Å². The average molecular weight is 906 g/mol. The lowest BCUT2D eigenvalue weighted by atomic mass is 10.1. The first-order valence-corrected chi connectivity index (χ1v) is 21.2. The number of benzene rings is 1. The molecule has 6 aromatic rings. The number of thiocarbonyl (C=S) groups is 1. The van der Waals surface area contributed by atoms with Gasteiger partial charge in [0, 0.05) is 60.7 Å². The SMILES string of the molecule is O=CCN(Cc1cc(C#Cc2ccc(NC(=S)NCCS(=O)(=O)O)cc2)cc(CN(CC(=O)O)Cc2cc(-c3ccco3)cc(C=O)n2)n1)Cc1cc(-c2ccco2)cc(C(=O)O)n1. The zero-order valence-corrected chi connectivity index (χ0v) is 35.3. The van der Waals surface area contributed by atoms with Crippen LogP contribution in [0.5, 0.6) is 0 Å². The van der Waals surface area contributed by atoms with E-state index >= 15 is 0 Å². The van der Waals surface area contributed by atoms with Crippen LogP contribution in [0, 0.1) is 11.8 Å². The lowest BCUT2D eigenvalue weighted by molar-refractivity contribution is -0.138. The number of aromatic nitrogens is 3. The van der Waals surface area contributed by atoms with Crippen molar-refractivity contribution in [3.63, 3.8) is 0 Å². The number of hydrogen-bond acceptors (Lipinski definition) is 14. The lowest BCUT2D eigenvalue weighted by Crippen LogP contribution is -2.32. The van der Waals surface area contributed by atoms with Gasteiger partial charge in [-0.1, -0.05) is 11.8 Å². The molecule has 0 unspecified atom stereocenters. The Hall–Kier alpha value is -7.41. The Balaban J connectivity index is 1.30. The van der Waals surface area contributed by atoms with Gasteiger partial charge >= 0.3 is 11.9 Å². The molecular weight excluding hydrogens is 867 g/mol. The van der Waals surface area contributed by atoms with E-state index in [1.807, 2.05) is 0 Å². The number of aldehydes is 2. The third-order valence-electron chi connectivity index (χ3n) is 9.03. The molecule has 5 N–H and O–H groups in total. The molecule has 18 nitrogen and oxygen atoms in total. The van der Waals surface area contributed by atoms with Gasteiger partial charge in [-0.15, -0.1) is 0 Å². The smallest absolute Gasteiger partial charge is 0.354 e. The number of carbonyl (C=O) groups excluding carboxylic acids is 2. The van der Waals surface area contributed by atoms with Crippen LogP contribution >= 0.6 is 12.2 Å². The van der Waals surface area contributed by atoms with Crippen LogP contribution in [0.2, 0.25) is 0 Å². The highest BCUT2D eigenvalue weighted by atomic mass is 32.2. The maximum Gasteiger partial charge on any atom is 0.354 e. The number of carboxylic acid groups (broad SMARTS) is 2. The normalized spacial score (nSPS) is 11.2. The molecule has 0 amide bonds. The Bertz CT molecular complexity index is 2810. The largest absolute Gasteiger partial charge is 0.480 e. The first-order valence-electron chi connectivity index (χ1n) is 19.2. The van der Waals surface area contributed by atoms with Gasteiger partial charge in [0.25, 0.3) is 10.1 Å². The summed E-state index contributed by atoms with van der Waals surface area (Å²) in [5.74, 6) is 4.30. The molecule has 0 bridgehead atoms. The van der Waals surface area contributed by atoms with Crippen molar-refractivity contribution in [1.82, 2.24) is 30.1 Å². The van der Waals surface area contributed by atoms with E-state index < -0.39 is 34.4 Å². The summed E-state index contributed by atoms with van der Waals surface area (Å²) < 4.78 is 42.0. The highest BCUT2D eigenvalue weighted by Crippen LogP contribution is 2.24. The number of rotatable bonds is 20. The number of nitrogens with zero attached hydrogens (tertiary/aromatic N) is 5. The van der Waals surface area contributed by atoms with Gasteiger partial charge in [0.15, 0.2) is 11.4 Å². The summed E-state index contributed by atoms with van der Waals surface area (Å²) in [5, 5.41) is 25.5. The van der Waals surface area contributed by atoms with E-state index in [2.05, 4.69) is 32.4 Å². The van der Waals surface area contributed by atoms with Crippen molar-refractivity contribution in [2.75, 3.05) is 30.7 Å². The minimum atomic E-state index is -4.15. The molecular formula is C44H39N7O11S2. The molecule has 0 radical (unpaired) electrons. The Morgan fingerprint density at radius 3 is 1.88 bits per heavy atom. The van der Waals surface area contributed by atoms with Crippen molar-refractivity contribution in [2.24, 2.45) is 0 Å². The summed E-state index contributed by atoms with van der Waals surface area (Å²) >= 11 is 5.20. The Kier molecular flexibility index (Phi) is 15.6. The van der Waals surface area contributed by atoms with E-state index in [9.17, 15) is 37.8 Å². The Morgan fingerprint density at radius 2 is 1.33 bits per heavy atom. The van der Waals surface area contributed by atoms with Crippen molar-refractivity contribution >= 4 is 57.6 Å². The van der Waals surface area contributed by atoms with E-state index in [0.717, 1.165) is 0 Å². The number of furan rings is 2. The number of hydrogen-bond donors (Lipinski definition) is 5. The van der Waals surface area contributed by atoms with Crippen molar-refractivity contribution in [3.05, 3.63) is 143 Å².